The van der Waals surface area contributed by atoms with Crippen LogP contribution in [0.3, 0.4) is 0 Å². The van der Waals surface area contributed by atoms with Crippen LogP contribution in [0.4, 0.5) is 14.7 Å². The van der Waals surface area contributed by atoms with Gasteiger partial charge in [-0.15, -0.1) is 0 Å². The fraction of sp³-hybridized carbons (Fsp3) is 0.593. The van der Waals surface area contributed by atoms with Crippen LogP contribution in [0.1, 0.15) is 50.8 Å². The quantitative estimate of drug-likeness (QED) is 0.350. The van der Waals surface area contributed by atoms with Gasteiger partial charge in [-0.2, -0.15) is 9.97 Å². The van der Waals surface area contributed by atoms with Crippen LogP contribution >= 0.6 is 0 Å². The number of hydrogen-bond donors (Lipinski definition) is 3. The van der Waals surface area contributed by atoms with Gasteiger partial charge in [-0.05, 0) is 56.6 Å². The third-order valence-electron chi connectivity index (χ3n) is 7.90. The number of ether oxygens (including phenoxy) is 2. The number of benzene rings is 1. The second-order valence-electron chi connectivity index (χ2n) is 10.8. The zero-order valence-corrected chi connectivity index (χ0v) is 21.7. The van der Waals surface area contributed by atoms with Crippen LogP contribution < -0.4 is 15.0 Å². The van der Waals surface area contributed by atoms with Crippen LogP contribution in [0.5, 0.6) is 5.88 Å². The van der Waals surface area contributed by atoms with E-state index in [4.69, 9.17) is 9.47 Å². The molecule has 210 valence electrons. The lowest BCUT2D eigenvalue weighted by molar-refractivity contribution is 0.0172. The van der Waals surface area contributed by atoms with Crippen molar-refractivity contribution in [2.45, 2.75) is 62.9 Å². The van der Waals surface area contributed by atoms with Gasteiger partial charge in [-0.1, -0.05) is 12.1 Å². The molecule has 0 radical (unpaired) electrons. The molecule has 3 aromatic rings. The number of imidazole rings is 1. The van der Waals surface area contributed by atoms with Crippen molar-refractivity contribution in [3.8, 4) is 11.7 Å². The number of rotatable bonds is 9. The highest BCUT2D eigenvalue weighted by Gasteiger charge is 2.41. The summed E-state index contributed by atoms with van der Waals surface area (Å²) in [5.74, 6) is 0.680. The highest BCUT2D eigenvalue weighted by Crippen LogP contribution is 2.35. The number of para-hydroxylation sites is 2. The van der Waals surface area contributed by atoms with E-state index in [-0.39, 0.29) is 23.7 Å². The minimum absolute atomic E-state index is 0.0722. The number of hydrogen-bond acceptors (Lipinski definition) is 9. The van der Waals surface area contributed by atoms with E-state index in [9.17, 15) is 19.0 Å². The average molecular weight is 545 g/mol. The molecule has 1 atom stereocenters. The number of aromatic nitrogens is 4. The molecule has 0 spiro atoms. The average Bonchev–Trinajstić information content (AvgIpc) is 3.56. The summed E-state index contributed by atoms with van der Waals surface area (Å²) in [5, 5.41) is 23.7. The second kappa shape index (κ2) is 10.9. The molecule has 3 fully saturated rings. The summed E-state index contributed by atoms with van der Waals surface area (Å²) in [6.45, 7) is 2.62. The van der Waals surface area contributed by atoms with E-state index in [0.717, 1.165) is 38.5 Å². The van der Waals surface area contributed by atoms with Gasteiger partial charge in [0, 0.05) is 25.7 Å². The predicted octanol–water partition coefficient (Wildman–Crippen LogP) is 2.96. The molecule has 3 N–H and O–H groups in total. The lowest BCUT2D eigenvalue weighted by atomic mass is 9.86. The number of alkyl halides is 2. The minimum Gasteiger partial charge on any atom is -0.474 e. The molecule has 2 aliphatic carbocycles. The molecule has 10 nitrogen and oxygen atoms in total. The molecule has 2 saturated carbocycles. The first kappa shape index (κ1) is 26.3. The second-order valence-corrected chi connectivity index (χ2v) is 10.8. The van der Waals surface area contributed by atoms with Crippen LogP contribution in [0.15, 0.2) is 30.3 Å². The molecule has 12 heteroatoms. The first-order valence-electron chi connectivity index (χ1n) is 13.7. The molecule has 0 amide bonds. The van der Waals surface area contributed by atoms with Crippen molar-refractivity contribution in [2.24, 2.45) is 5.92 Å². The summed E-state index contributed by atoms with van der Waals surface area (Å²) in [6, 6.07) is 8.59. The van der Waals surface area contributed by atoms with Gasteiger partial charge in [-0.25, -0.2) is 13.8 Å². The number of morpholine rings is 1. The van der Waals surface area contributed by atoms with Crippen molar-refractivity contribution < 1.29 is 28.5 Å². The molecule has 1 aromatic carbocycles. The monoisotopic (exact) mass is 544 g/mol. The van der Waals surface area contributed by atoms with Gasteiger partial charge >= 0.3 is 0 Å². The Hall–Kier alpha value is -2.93. The van der Waals surface area contributed by atoms with Gasteiger partial charge < -0.3 is 24.6 Å². The fourth-order valence-corrected chi connectivity index (χ4v) is 5.39. The lowest BCUT2D eigenvalue weighted by Gasteiger charge is -2.32. The van der Waals surface area contributed by atoms with E-state index >= 15 is 0 Å². The lowest BCUT2D eigenvalue weighted by Crippen LogP contribution is -2.43. The van der Waals surface area contributed by atoms with Gasteiger partial charge in [-0.3, -0.25) is 9.88 Å². The van der Waals surface area contributed by atoms with Crippen molar-refractivity contribution in [3.63, 3.8) is 0 Å². The fourth-order valence-electron chi connectivity index (χ4n) is 5.39. The predicted molar refractivity (Wildman–Crippen MR) is 139 cm³/mol. The smallest absolute Gasteiger partial charge is 0.296 e. The number of nitrogens with one attached hydrogen (secondary N) is 1. The number of aliphatic hydroxyl groups is 2. The van der Waals surface area contributed by atoms with E-state index < -0.39 is 18.3 Å². The van der Waals surface area contributed by atoms with Crippen molar-refractivity contribution in [1.29, 1.82) is 0 Å². The number of aliphatic hydroxyl groups excluding tert-OH is 1. The Kier molecular flexibility index (Phi) is 7.36. The highest BCUT2D eigenvalue weighted by atomic mass is 19.3. The summed E-state index contributed by atoms with van der Waals surface area (Å²) in [5.41, 5.74) is 0.332. The number of fused-ring (bicyclic) bond motifs is 1. The van der Waals surface area contributed by atoms with Gasteiger partial charge in [0.2, 0.25) is 11.8 Å². The summed E-state index contributed by atoms with van der Waals surface area (Å²) < 4.78 is 41.3. The van der Waals surface area contributed by atoms with Gasteiger partial charge in [0.15, 0.2) is 5.82 Å². The molecule has 39 heavy (non-hydrogen) atoms. The molecular formula is C27H34F2N6O4. The number of anilines is 1. The van der Waals surface area contributed by atoms with Crippen LogP contribution in [0.25, 0.3) is 16.9 Å². The molecule has 3 aliphatic rings. The molecule has 2 aromatic heterocycles. The third-order valence-corrected chi connectivity index (χ3v) is 7.90. The highest BCUT2D eigenvalue weighted by molar-refractivity contribution is 5.78. The van der Waals surface area contributed by atoms with Gasteiger partial charge in [0.25, 0.3) is 6.43 Å². The summed E-state index contributed by atoms with van der Waals surface area (Å²) in [4.78, 5) is 15.5. The topological polar surface area (TPSA) is 118 Å². The van der Waals surface area contributed by atoms with E-state index in [2.05, 4.69) is 20.3 Å². The summed E-state index contributed by atoms with van der Waals surface area (Å²) >= 11 is 0. The molecule has 3 heterocycles. The standard InChI is InChI=1S/C27H34F2N6O4/c28-23(29)24-31-19-3-1-2-4-20(19)35(24)21-15-22(33-26(32-21)34-11-13-38-14-12-34)39-18-7-5-17(6-8-18)25(36)30-16-27(37)9-10-27/h1-4,15,17-18,23,25,30,36-37H,5-14,16H2/t17-,18-,25?. The summed E-state index contributed by atoms with van der Waals surface area (Å²) in [6.07, 6.45) is 0.904. The normalized spacial score (nSPS) is 23.8. The maximum atomic E-state index is 14.1. The van der Waals surface area contributed by atoms with E-state index in [1.165, 1.54) is 4.57 Å². The van der Waals surface area contributed by atoms with Crippen molar-refractivity contribution >= 4 is 17.0 Å². The zero-order valence-electron chi connectivity index (χ0n) is 21.7. The molecule has 1 unspecified atom stereocenters. The van der Waals surface area contributed by atoms with E-state index in [1.807, 2.05) is 4.90 Å². The van der Waals surface area contributed by atoms with Crippen LogP contribution in [0, 0.1) is 5.92 Å². The Morgan fingerprint density at radius 2 is 1.82 bits per heavy atom. The Balaban J connectivity index is 1.23. The molecular weight excluding hydrogens is 510 g/mol. The van der Waals surface area contributed by atoms with Crippen molar-refractivity contribution in [1.82, 2.24) is 24.8 Å². The Morgan fingerprint density at radius 1 is 1.08 bits per heavy atom. The van der Waals surface area contributed by atoms with Crippen LogP contribution in [0.2, 0.25) is 0 Å². The first-order valence-corrected chi connectivity index (χ1v) is 13.7. The number of halogens is 2. The number of nitrogens with zero attached hydrogens (tertiary/aromatic N) is 5. The Bertz CT molecular complexity index is 1290. The SMILES string of the molecule is OC(NCC1(O)CC1)[C@H]1CC[C@H](Oc2cc(-n3c(C(F)F)nc4ccccc43)nc(N3CCOCC3)n2)CC1. The molecule has 1 saturated heterocycles. The zero-order chi connectivity index (χ0) is 27.0. The third kappa shape index (κ3) is 5.84. The van der Waals surface area contributed by atoms with Crippen molar-refractivity contribution in [2.75, 3.05) is 37.7 Å². The molecule has 6 rings (SSSR count). The maximum absolute atomic E-state index is 14.1. The Labute approximate surface area is 225 Å². The van der Waals surface area contributed by atoms with Crippen molar-refractivity contribution in [3.05, 3.63) is 36.2 Å². The van der Waals surface area contributed by atoms with E-state index in [1.54, 1.807) is 30.3 Å². The van der Waals surface area contributed by atoms with Gasteiger partial charge in [0.05, 0.1) is 29.8 Å². The summed E-state index contributed by atoms with van der Waals surface area (Å²) in [7, 11) is 0. The molecule has 1 aliphatic heterocycles. The maximum Gasteiger partial charge on any atom is 0.296 e. The van der Waals surface area contributed by atoms with Crippen LogP contribution in [-0.4, -0.2) is 80.5 Å². The largest absolute Gasteiger partial charge is 0.474 e. The first-order chi connectivity index (χ1) is 18.9. The van der Waals surface area contributed by atoms with Gasteiger partial charge in [0.1, 0.15) is 18.1 Å². The van der Waals surface area contributed by atoms with Crippen LogP contribution in [-0.2, 0) is 4.74 Å². The molecule has 0 bridgehead atoms. The minimum atomic E-state index is -2.79. The van der Waals surface area contributed by atoms with E-state index in [0.29, 0.717) is 55.7 Å². The Morgan fingerprint density at radius 3 is 2.54 bits per heavy atom.